The number of esters is 1. The van der Waals surface area contributed by atoms with Crippen LogP contribution in [0.3, 0.4) is 0 Å². The molecular formula is C14H21N3O3. The van der Waals surface area contributed by atoms with Crippen molar-refractivity contribution < 1.29 is 14.3 Å². The predicted molar refractivity (Wildman–Crippen MR) is 75.8 cm³/mol. The van der Waals surface area contributed by atoms with Crippen LogP contribution in [-0.4, -0.2) is 49.2 Å². The molecule has 1 atom stereocenters. The van der Waals surface area contributed by atoms with Crippen molar-refractivity contribution in [1.29, 1.82) is 0 Å². The van der Waals surface area contributed by atoms with E-state index in [-0.39, 0.29) is 5.69 Å². The molecule has 0 saturated carbocycles. The van der Waals surface area contributed by atoms with Crippen molar-refractivity contribution in [3.8, 4) is 5.88 Å². The Kier molecular flexibility index (Phi) is 4.79. The summed E-state index contributed by atoms with van der Waals surface area (Å²) in [5.74, 6) is -0.195. The zero-order valence-electron chi connectivity index (χ0n) is 12.0. The number of carbonyl (C=O) groups excluding carboxylic acids is 1. The number of carbonyl (C=O) groups is 1. The van der Waals surface area contributed by atoms with E-state index in [1.165, 1.54) is 26.0 Å². The summed E-state index contributed by atoms with van der Waals surface area (Å²) in [6, 6.07) is 3.69. The van der Waals surface area contributed by atoms with Gasteiger partial charge in [-0.1, -0.05) is 0 Å². The highest BCUT2D eigenvalue weighted by molar-refractivity contribution is 5.87. The first kappa shape index (κ1) is 14.6. The van der Waals surface area contributed by atoms with Crippen molar-refractivity contribution >= 4 is 11.7 Å². The van der Waals surface area contributed by atoms with Crippen molar-refractivity contribution in [2.75, 3.05) is 33.0 Å². The van der Waals surface area contributed by atoms with E-state index in [1.807, 2.05) is 0 Å². The quantitative estimate of drug-likeness (QED) is 0.819. The molecule has 2 rings (SSSR count). The number of anilines is 1. The summed E-state index contributed by atoms with van der Waals surface area (Å²) in [5, 5.41) is 0. The third kappa shape index (κ3) is 3.39. The van der Waals surface area contributed by atoms with Gasteiger partial charge in [-0.15, -0.1) is 0 Å². The van der Waals surface area contributed by atoms with Gasteiger partial charge < -0.3 is 20.1 Å². The number of nitrogen functional groups attached to an aromatic ring is 1. The number of methoxy groups -OCH3 is 1. The maximum atomic E-state index is 11.4. The maximum absolute atomic E-state index is 11.4. The number of ether oxygens (including phenoxy) is 2. The lowest BCUT2D eigenvalue weighted by Gasteiger charge is -2.19. The van der Waals surface area contributed by atoms with E-state index in [9.17, 15) is 4.79 Å². The van der Waals surface area contributed by atoms with Crippen LogP contribution in [-0.2, 0) is 4.74 Å². The first-order valence-electron chi connectivity index (χ1n) is 6.79. The molecular weight excluding hydrogens is 258 g/mol. The highest BCUT2D eigenvalue weighted by Crippen LogP contribution is 2.21. The van der Waals surface area contributed by atoms with E-state index in [0.717, 1.165) is 13.0 Å². The summed E-state index contributed by atoms with van der Waals surface area (Å²) in [5.41, 5.74) is 6.43. The Hall–Kier alpha value is -1.82. The van der Waals surface area contributed by atoms with Gasteiger partial charge in [-0.05, 0) is 45.0 Å². The number of hydrogen-bond donors (Lipinski definition) is 1. The van der Waals surface area contributed by atoms with Gasteiger partial charge in [0.25, 0.3) is 0 Å². The Labute approximate surface area is 118 Å². The molecule has 0 radical (unpaired) electrons. The van der Waals surface area contributed by atoms with Crippen LogP contribution in [0.4, 0.5) is 5.69 Å². The zero-order valence-corrected chi connectivity index (χ0v) is 12.0. The second kappa shape index (κ2) is 6.56. The van der Waals surface area contributed by atoms with Crippen molar-refractivity contribution in [1.82, 2.24) is 9.88 Å². The van der Waals surface area contributed by atoms with Gasteiger partial charge in [-0.25, -0.2) is 9.78 Å². The largest absolute Gasteiger partial charge is 0.476 e. The minimum absolute atomic E-state index is 0.203. The standard InChI is InChI=1S/C14H21N3O3/c1-17-8-3-4-10(17)7-9-20-13-11(15)5-6-12(16-13)14(18)19-2/h5-6,10H,3-4,7-9,15H2,1-2H3. The van der Waals surface area contributed by atoms with Crippen molar-refractivity contribution in [3.05, 3.63) is 17.8 Å². The van der Waals surface area contributed by atoms with Crippen LogP contribution in [0.2, 0.25) is 0 Å². The third-order valence-corrected chi connectivity index (χ3v) is 3.65. The average molecular weight is 279 g/mol. The molecule has 1 fully saturated rings. The molecule has 1 saturated heterocycles. The van der Waals surface area contributed by atoms with E-state index in [2.05, 4.69) is 21.7 Å². The van der Waals surface area contributed by atoms with Gasteiger partial charge in [0.15, 0.2) is 5.69 Å². The number of nitrogens with two attached hydrogens (primary N) is 1. The summed E-state index contributed by atoms with van der Waals surface area (Å²) in [4.78, 5) is 17.8. The van der Waals surface area contributed by atoms with Gasteiger partial charge in [0.1, 0.15) is 0 Å². The molecule has 6 heteroatoms. The van der Waals surface area contributed by atoms with E-state index in [1.54, 1.807) is 6.07 Å². The molecule has 0 aliphatic carbocycles. The third-order valence-electron chi connectivity index (χ3n) is 3.65. The van der Waals surface area contributed by atoms with Crippen molar-refractivity contribution in [3.63, 3.8) is 0 Å². The molecule has 0 spiro atoms. The molecule has 110 valence electrons. The second-order valence-corrected chi connectivity index (χ2v) is 5.00. The molecule has 1 aliphatic heterocycles. The number of hydrogen-bond acceptors (Lipinski definition) is 6. The second-order valence-electron chi connectivity index (χ2n) is 5.00. The molecule has 1 aromatic heterocycles. The zero-order chi connectivity index (χ0) is 14.5. The number of pyridine rings is 1. The molecule has 1 aliphatic rings. The fourth-order valence-corrected chi connectivity index (χ4v) is 2.42. The predicted octanol–water partition coefficient (Wildman–Crippen LogP) is 1.31. The Morgan fingerprint density at radius 2 is 2.35 bits per heavy atom. The Balaban J connectivity index is 1.93. The highest BCUT2D eigenvalue weighted by Gasteiger charge is 2.20. The Bertz CT molecular complexity index is 479. The van der Waals surface area contributed by atoms with Gasteiger partial charge in [-0.2, -0.15) is 0 Å². The lowest BCUT2D eigenvalue weighted by Crippen LogP contribution is -2.26. The summed E-state index contributed by atoms with van der Waals surface area (Å²) in [6.45, 7) is 1.68. The molecule has 20 heavy (non-hydrogen) atoms. The molecule has 0 aromatic carbocycles. The van der Waals surface area contributed by atoms with Crippen LogP contribution >= 0.6 is 0 Å². The molecule has 2 heterocycles. The normalized spacial score (nSPS) is 19.0. The molecule has 1 unspecified atom stereocenters. The van der Waals surface area contributed by atoms with Crippen LogP contribution in [0.5, 0.6) is 5.88 Å². The van der Waals surface area contributed by atoms with Crippen LogP contribution < -0.4 is 10.5 Å². The van der Waals surface area contributed by atoms with Gasteiger partial charge in [0, 0.05) is 6.04 Å². The number of nitrogens with zero attached hydrogens (tertiary/aromatic N) is 2. The van der Waals surface area contributed by atoms with Gasteiger partial charge in [-0.3, -0.25) is 0 Å². The minimum atomic E-state index is -0.495. The summed E-state index contributed by atoms with van der Waals surface area (Å²) >= 11 is 0. The number of likely N-dealkylation sites (tertiary alicyclic amines) is 1. The molecule has 2 N–H and O–H groups in total. The van der Waals surface area contributed by atoms with Crippen molar-refractivity contribution in [2.45, 2.75) is 25.3 Å². The molecule has 1 aromatic rings. The topological polar surface area (TPSA) is 77.7 Å². The minimum Gasteiger partial charge on any atom is -0.476 e. The van der Waals surface area contributed by atoms with E-state index < -0.39 is 5.97 Å². The molecule has 0 bridgehead atoms. The Morgan fingerprint density at radius 1 is 1.55 bits per heavy atom. The average Bonchev–Trinajstić information content (AvgIpc) is 2.85. The lowest BCUT2D eigenvalue weighted by atomic mass is 10.1. The first-order chi connectivity index (χ1) is 9.61. The van der Waals surface area contributed by atoms with Gasteiger partial charge >= 0.3 is 5.97 Å². The smallest absolute Gasteiger partial charge is 0.356 e. The van der Waals surface area contributed by atoms with Gasteiger partial charge in [0.05, 0.1) is 19.4 Å². The fraction of sp³-hybridized carbons (Fsp3) is 0.571. The fourth-order valence-electron chi connectivity index (χ4n) is 2.42. The van der Waals surface area contributed by atoms with Crippen LogP contribution in [0, 0.1) is 0 Å². The monoisotopic (exact) mass is 279 g/mol. The lowest BCUT2D eigenvalue weighted by molar-refractivity contribution is 0.0592. The highest BCUT2D eigenvalue weighted by atomic mass is 16.5. The van der Waals surface area contributed by atoms with Crippen LogP contribution in [0.1, 0.15) is 29.8 Å². The molecule has 0 amide bonds. The number of rotatable bonds is 5. The molecule has 6 nitrogen and oxygen atoms in total. The SMILES string of the molecule is COC(=O)c1ccc(N)c(OCCC2CCCN2C)n1. The van der Waals surface area contributed by atoms with Crippen LogP contribution in [0.25, 0.3) is 0 Å². The number of aromatic nitrogens is 1. The van der Waals surface area contributed by atoms with E-state index in [4.69, 9.17) is 10.5 Å². The van der Waals surface area contributed by atoms with E-state index in [0.29, 0.717) is 24.2 Å². The Morgan fingerprint density at radius 3 is 3.00 bits per heavy atom. The summed E-state index contributed by atoms with van der Waals surface area (Å²) < 4.78 is 10.2. The van der Waals surface area contributed by atoms with Gasteiger partial charge in [0.2, 0.25) is 5.88 Å². The summed E-state index contributed by atoms with van der Waals surface area (Å²) in [7, 11) is 3.44. The van der Waals surface area contributed by atoms with Crippen LogP contribution in [0.15, 0.2) is 12.1 Å². The van der Waals surface area contributed by atoms with E-state index >= 15 is 0 Å². The summed E-state index contributed by atoms with van der Waals surface area (Å²) in [6.07, 6.45) is 3.37. The first-order valence-corrected chi connectivity index (χ1v) is 6.79. The maximum Gasteiger partial charge on any atom is 0.356 e. The van der Waals surface area contributed by atoms with Crippen molar-refractivity contribution in [2.24, 2.45) is 0 Å².